The van der Waals surface area contributed by atoms with Crippen LogP contribution in [0.25, 0.3) is 0 Å². The van der Waals surface area contributed by atoms with E-state index in [2.05, 4.69) is 19.1 Å². The number of aliphatic hydroxyl groups is 1. The number of rotatable bonds is 4. The Morgan fingerprint density at radius 1 is 1.27 bits per heavy atom. The number of benzene rings is 1. The van der Waals surface area contributed by atoms with Gasteiger partial charge in [0.25, 0.3) is 0 Å². The molecule has 1 rings (SSSR count). The molecule has 0 aromatic heterocycles. The van der Waals surface area contributed by atoms with E-state index in [1.807, 2.05) is 13.8 Å². The van der Waals surface area contributed by atoms with Gasteiger partial charge in [-0.2, -0.15) is 0 Å². The molecule has 0 spiro atoms. The van der Waals surface area contributed by atoms with Crippen molar-refractivity contribution >= 4 is 0 Å². The third-order valence-electron chi connectivity index (χ3n) is 2.30. The lowest BCUT2D eigenvalue weighted by atomic mass is 10.1. The van der Waals surface area contributed by atoms with Gasteiger partial charge in [-0.15, -0.1) is 0 Å². The van der Waals surface area contributed by atoms with Gasteiger partial charge in [0.1, 0.15) is 18.5 Å². The van der Waals surface area contributed by atoms with E-state index in [1.54, 1.807) is 0 Å². The van der Waals surface area contributed by atoms with Crippen molar-refractivity contribution in [1.29, 1.82) is 0 Å². The number of hydrogen-bond acceptors (Lipinski definition) is 3. The molecule has 3 N–H and O–H groups in total. The molecule has 1 atom stereocenters. The van der Waals surface area contributed by atoms with Crippen LogP contribution in [0.2, 0.25) is 0 Å². The minimum absolute atomic E-state index is 0.226. The van der Waals surface area contributed by atoms with Crippen molar-refractivity contribution in [2.24, 2.45) is 5.73 Å². The van der Waals surface area contributed by atoms with E-state index in [-0.39, 0.29) is 13.2 Å². The van der Waals surface area contributed by atoms with Gasteiger partial charge in [-0.3, -0.25) is 0 Å². The summed E-state index contributed by atoms with van der Waals surface area (Å²) in [6.07, 6.45) is -0.592. The van der Waals surface area contributed by atoms with Crippen LogP contribution in [-0.4, -0.2) is 24.4 Å². The minimum Gasteiger partial charge on any atom is -0.490 e. The molecule has 0 heterocycles. The Morgan fingerprint density at radius 3 is 2.27 bits per heavy atom. The Kier molecular flexibility index (Phi) is 4.12. The summed E-state index contributed by atoms with van der Waals surface area (Å²) < 4.78 is 5.55. The molecular weight excluding hydrogens is 190 g/mol. The standard InChI is InChI=1S/C12H19NO2/c1-8-4-9(2)12(10(3)5-8)15-7-11(14)6-13/h4-5,11,14H,6-7,13H2,1-3H3/t11-/m1/s1. The van der Waals surface area contributed by atoms with Crippen molar-refractivity contribution in [1.82, 2.24) is 0 Å². The fourth-order valence-corrected chi connectivity index (χ4v) is 1.64. The highest BCUT2D eigenvalue weighted by atomic mass is 16.5. The maximum Gasteiger partial charge on any atom is 0.125 e. The van der Waals surface area contributed by atoms with Gasteiger partial charge in [-0.25, -0.2) is 0 Å². The lowest BCUT2D eigenvalue weighted by Gasteiger charge is -2.15. The first-order valence-corrected chi connectivity index (χ1v) is 5.13. The third-order valence-corrected chi connectivity index (χ3v) is 2.30. The molecule has 0 bridgehead atoms. The largest absolute Gasteiger partial charge is 0.490 e. The topological polar surface area (TPSA) is 55.5 Å². The smallest absolute Gasteiger partial charge is 0.125 e. The van der Waals surface area contributed by atoms with Gasteiger partial charge in [-0.1, -0.05) is 17.7 Å². The summed E-state index contributed by atoms with van der Waals surface area (Å²) >= 11 is 0. The van der Waals surface area contributed by atoms with Crippen LogP contribution in [0.15, 0.2) is 12.1 Å². The maximum absolute atomic E-state index is 9.31. The van der Waals surface area contributed by atoms with Crippen molar-refractivity contribution in [2.45, 2.75) is 26.9 Å². The average molecular weight is 209 g/mol. The highest BCUT2D eigenvalue weighted by Gasteiger charge is 2.07. The first-order chi connectivity index (χ1) is 7.04. The predicted molar refractivity (Wildman–Crippen MR) is 61.2 cm³/mol. The molecule has 84 valence electrons. The number of ether oxygens (including phenoxy) is 1. The van der Waals surface area contributed by atoms with E-state index in [0.717, 1.165) is 16.9 Å². The molecule has 0 radical (unpaired) electrons. The Morgan fingerprint density at radius 2 is 1.80 bits per heavy atom. The molecule has 0 aliphatic carbocycles. The molecule has 0 saturated carbocycles. The quantitative estimate of drug-likeness (QED) is 0.786. The molecule has 0 aliphatic rings. The van der Waals surface area contributed by atoms with Gasteiger partial charge in [0.15, 0.2) is 0 Å². The Hall–Kier alpha value is -1.06. The summed E-state index contributed by atoms with van der Waals surface area (Å²) in [5, 5.41) is 9.31. The van der Waals surface area contributed by atoms with Crippen LogP contribution >= 0.6 is 0 Å². The van der Waals surface area contributed by atoms with Crippen LogP contribution in [-0.2, 0) is 0 Å². The summed E-state index contributed by atoms with van der Waals surface area (Å²) in [7, 11) is 0. The van der Waals surface area contributed by atoms with Gasteiger partial charge in [0, 0.05) is 6.54 Å². The molecule has 0 amide bonds. The van der Waals surface area contributed by atoms with Crippen LogP contribution in [0.5, 0.6) is 5.75 Å². The number of aliphatic hydroxyl groups excluding tert-OH is 1. The van der Waals surface area contributed by atoms with Crippen molar-refractivity contribution in [3.63, 3.8) is 0 Å². The molecule has 0 fully saturated rings. The summed E-state index contributed by atoms with van der Waals surface area (Å²) in [4.78, 5) is 0. The van der Waals surface area contributed by atoms with E-state index < -0.39 is 6.10 Å². The van der Waals surface area contributed by atoms with E-state index in [4.69, 9.17) is 10.5 Å². The fourth-order valence-electron chi connectivity index (χ4n) is 1.64. The fraction of sp³-hybridized carbons (Fsp3) is 0.500. The van der Waals surface area contributed by atoms with Crippen LogP contribution in [0.3, 0.4) is 0 Å². The van der Waals surface area contributed by atoms with Gasteiger partial charge in [0.05, 0.1) is 0 Å². The lowest BCUT2D eigenvalue weighted by Crippen LogP contribution is -2.26. The molecular formula is C12H19NO2. The highest BCUT2D eigenvalue weighted by molar-refractivity contribution is 5.42. The van der Waals surface area contributed by atoms with E-state index >= 15 is 0 Å². The summed E-state index contributed by atoms with van der Waals surface area (Å²) in [5.41, 5.74) is 8.71. The molecule has 1 aromatic rings. The van der Waals surface area contributed by atoms with Crippen molar-refractivity contribution < 1.29 is 9.84 Å². The monoisotopic (exact) mass is 209 g/mol. The summed E-state index contributed by atoms with van der Waals surface area (Å²) in [6.45, 7) is 6.54. The molecule has 1 aromatic carbocycles. The first-order valence-electron chi connectivity index (χ1n) is 5.13. The van der Waals surface area contributed by atoms with Crippen molar-refractivity contribution in [3.8, 4) is 5.75 Å². The SMILES string of the molecule is Cc1cc(C)c(OC[C@H](O)CN)c(C)c1. The zero-order valence-corrected chi connectivity index (χ0v) is 9.58. The first kappa shape index (κ1) is 12.0. The van der Waals surface area contributed by atoms with Crippen LogP contribution in [0.1, 0.15) is 16.7 Å². The zero-order chi connectivity index (χ0) is 11.4. The van der Waals surface area contributed by atoms with Crippen molar-refractivity contribution in [2.75, 3.05) is 13.2 Å². The second-order valence-corrected chi connectivity index (χ2v) is 3.93. The predicted octanol–water partition coefficient (Wildman–Crippen LogP) is 1.31. The molecule has 3 nitrogen and oxygen atoms in total. The van der Waals surface area contributed by atoms with Gasteiger partial charge in [-0.05, 0) is 31.9 Å². The molecule has 15 heavy (non-hydrogen) atoms. The van der Waals surface area contributed by atoms with Gasteiger partial charge >= 0.3 is 0 Å². The number of hydrogen-bond donors (Lipinski definition) is 2. The third kappa shape index (κ3) is 3.22. The number of nitrogens with two attached hydrogens (primary N) is 1. The maximum atomic E-state index is 9.31. The molecule has 3 heteroatoms. The molecule has 0 aliphatic heterocycles. The van der Waals surface area contributed by atoms with E-state index in [1.165, 1.54) is 5.56 Å². The average Bonchev–Trinajstić information content (AvgIpc) is 2.15. The van der Waals surface area contributed by atoms with Crippen LogP contribution < -0.4 is 10.5 Å². The summed E-state index contributed by atoms with van der Waals surface area (Å²) in [6, 6.07) is 4.13. The zero-order valence-electron chi connectivity index (χ0n) is 9.58. The van der Waals surface area contributed by atoms with Gasteiger partial charge in [0.2, 0.25) is 0 Å². The Bertz CT molecular complexity index is 313. The second kappa shape index (κ2) is 5.14. The van der Waals surface area contributed by atoms with Crippen LogP contribution in [0.4, 0.5) is 0 Å². The molecule has 0 unspecified atom stereocenters. The number of aryl methyl sites for hydroxylation is 3. The van der Waals surface area contributed by atoms with Crippen molar-refractivity contribution in [3.05, 3.63) is 28.8 Å². The normalized spacial score (nSPS) is 12.6. The minimum atomic E-state index is -0.592. The van der Waals surface area contributed by atoms with E-state index in [0.29, 0.717) is 0 Å². The van der Waals surface area contributed by atoms with E-state index in [9.17, 15) is 5.11 Å². The van der Waals surface area contributed by atoms with Crippen LogP contribution in [0, 0.1) is 20.8 Å². The molecule has 0 saturated heterocycles. The summed E-state index contributed by atoms with van der Waals surface area (Å²) in [5.74, 6) is 0.855. The highest BCUT2D eigenvalue weighted by Crippen LogP contribution is 2.24. The Balaban J connectivity index is 2.77. The van der Waals surface area contributed by atoms with Gasteiger partial charge < -0.3 is 15.6 Å². The Labute approximate surface area is 90.9 Å². The lowest BCUT2D eigenvalue weighted by molar-refractivity contribution is 0.113. The second-order valence-electron chi connectivity index (χ2n) is 3.93.